The summed E-state index contributed by atoms with van der Waals surface area (Å²) in [6.07, 6.45) is 1.66. The fourth-order valence-corrected chi connectivity index (χ4v) is 3.46. The fourth-order valence-electron chi connectivity index (χ4n) is 3.46. The molecule has 1 amide bonds. The zero-order valence-corrected chi connectivity index (χ0v) is 15.2. The van der Waals surface area contributed by atoms with Gasteiger partial charge in [-0.2, -0.15) is 0 Å². The summed E-state index contributed by atoms with van der Waals surface area (Å²) in [4.78, 5) is 29.9. The number of likely N-dealkylation sites (tertiary alicyclic amines) is 1. The van der Waals surface area contributed by atoms with Crippen LogP contribution >= 0.6 is 0 Å². The van der Waals surface area contributed by atoms with Crippen molar-refractivity contribution in [1.82, 2.24) is 24.9 Å². The number of amides is 1. The highest BCUT2D eigenvalue weighted by Gasteiger charge is 2.41. The van der Waals surface area contributed by atoms with E-state index < -0.39 is 11.6 Å². The first-order valence-electron chi connectivity index (χ1n) is 8.92. The van der Waals surface area contributed by atoms with Gasteiger partial charge in [0.05, 0.1) is 16.9 Å². The van der Waals surface area contributed by atoms with E-state index in [1.807, 2.05) is 30.3 Å². The molecule has 144 valence electrons. The van der Waals surface area contributed by atoms with Gasteiger partial charge in [0.2, 0.25) is 0 Å². The standard InChI is InChI=1S/C19H19N5O4/c1-12-15(17(25)23-10-7-19(28,8-11-23)18(26)27)21-22-24(12)14-6-2-4-13-5-3-9-20-16(13)14/h2-6,9,28H,7-8,10-11H2,1H3,(H,26,27). The molecule has 2 aromatic heterocycles. The summed E-state index contributed by atoms with van der Waals surface area (Å²) in [7, 11) is 0. The van der Waals surface area contributed by atoms with Gasteiger partial charge in [0.1, 0.15) is 0 Å². The number of pyridine rings is 1. The highest BCUT2D eigenvalue weighted by molar-refractivity contribution is 5.94. The van der Waals surface area contributed by atoms with Gasteiger partial charge in [-0.3, -0.25) is 9.78 Å². The predicted octanol–water partition coefficient (Wildman–Crippen LogP) is 1.18. The van der Waals surface area contributed by atoms with Crippen LogP contribution in [0.25, 0.3) is 16.6 Å². The van der Waals surface area contributed by atoms with E-state index in [1.54, 1.807) is 17.8 Å². The molecule has 0 radical (unpaired) electrons. The number of carboxylic acids is 1. The molecule has 0 aliphatic carbocycles. The number of piperidine rings is 1. The molecule has 2 N–H and O–H groups in total. The largest absolute Gasteiger partial charge is 0.479 e. The summed E-state index contributed by atoms with van der Waals surface area (Å²) in [5, 5.41) is 28.3. The SMILES string of the molecule is Cc1c(C(=O)N2CCC(O)(C(=O)O)CC2)nnn1-c1cccc2cccnc12. The topological polar surface area (TPSA) is 121 Å². The van der Waals surface area contributed by atoms with E-state index in [2.05, 4.69) is 15.3 Å². The normalized spacial score (nSPS) is 16.3. The Bertz CT molecular complexity index is 1060. The molecule has 1 aromatic carbocycles. The Morgan fingerprint density at radius 3 is 2.57 bits per heavy atom. The number of hydrogen-bond acceptors (Lipinski definition) is 6. The van der Waals surface area contributed by atoms with Gasteiger partial charge in [0, 0.05) is 37.5 Å². The average Bonchev–Trinajstić information content (AvgIpc) is 3.08. The van der Waals surface area contributed by atoms with E-state index in [9.17, 15) is 14.7 Å². The summed E-state index contributed by atoms with van der Waals surface area (Å²) < 4.78 is 1.58. The molecule has 1 saturated heterocycles. The van der Waals surface area contributed by atoms with Gasteiger partial charge in [-0.25, -0.2) is 9.48 Å². The van der Waals surface area contributed by atoms with Gasteiger partial charge in [-0.15, -0.1) is 5.10 Å². The van der Waals surface area contributed by atoms with Crippen molar-refractivity contribution in [3.63, 3.8) is 0 Å². The number of aliphatic hydroxyl groups is 1. The number of rotatable bonds is 3. The maximum atomic E-state index is 12.9. The summed E-state index contributed by atoms with van der Waals surface area (Å²) in [6.45, 7) is 2.04. The maximum Gasteiger partial charge on any atom is 0.335 e. The van der Waals surface area contributed by atoms with E-state index in [4.69, 9.17) is 5.11 Å². The summed E-state index contributed by atoms with van der Waals surface area (Å²) in [5.41, 5.74) is 0.469. The third-order valence-electron chi connectivity index (χ3n) is 5.21. The van der Waals surface area contributed by atoms with E-state index in [0.29, 0.717) is 5.69 Å². The Balaban J connectivity index is 1.62. The molecule has 4 rings (SSSR count). The number of aromatic nitrogens is 4. The highest BCUT2D eigenvalue weighted by Crippen LogP contribution is 2.25. The number of carbonyl (C=O) groups is 2. The number of hydrogen-bond donors (Lipinski definition) is 2. The lowest BCUT2D eigenvalue weighted by molar-refractivity contribution is -0.162. The fraction of sp³-hybridized carbons (Fsp3) is 0.316. The van der Waals surface area contributed by atoms with Gasteiger partial charge in [0.15, 0.2) is 11.3 Å². The molecule has 0 spiro atoms. The van der Waals surface area contributed by atoms with Crippen molar-refractivity contribution < 1.29 is 19.8 Å². The van der Waals surface area contributed by atoms with Gasteiger partial charge in [-0.05, 0) is 19.1 Å². The van der Waals surface area contributed by atoms with Crippen LogP contribution in [0.4, 0.5) is 0 Å². The van der Waals surface area contributed by atoms with Crippen molar-refractivity contribution in [2.75, 3.05) is 13.1 Å². The van der Waals surface area contributed by atoms with Crippen LogP contribution in [-0.2, 0) is 4.79 Å². The molecule has 1 aliphatic heterocycles. The second-order valence-electron chi connectivity index (χ2n) is 6.92. The third kappa shape index (κ3) is 2.89. The van der Waals surface area contributed by atoms with Crippen LogP contribution < -0.4 is 0 Å². The van der Waals surface area contributed by atoms with Crippen molar-refractivity contribution in [3.05, 3.63) is 47.9 Å². The Morgan fingerprint density at radius 2 is 1.86 bits per heavy atom. The van der Waals surface area contributed by atoms with Crippen LogP contribution in [0, 0.1) is 6.92 Å². The number of para-hydroxylation sites is 1. The Labute approximate surface area is 160 Å². The molecule has 3 aromatic rings. The lowest BCUT2D eigenvalue weighted by Crippen LogP contribution is -2.51. The first kappa shape index (κ1) is 18.1. The first-order chi connectivity index (χ1) is 13.4. The molecule has 3 heterocycles. The second-order valence-corrected chi connectivity index (χ2v) is 6.92. The minimum atomic E-state index is -1.78. The van der Waals surface area contributed by atoms with E-state index >= 15 is 0 Å². The van der Waals surface area contributed by atoms with Crippen molar-refractivity contribution in [2.45, 2.75) is 25.4 Å². The quantitative estimate of drug-likeness (QED) is 0.698. The molecule has 0 bridgehead atoms. The number of aliphatic carboxylic acids is 1. The minimum Gasteiger partial charge on any atom is -0.479 e. The second kappa shape index (κ2) is 6.68. The van der Waals surface area contributed by atoms with E-state index in [1.165, 1.54) is 4.90 Å². The molecule has 9 nitrogen and oxygen atoms in total. The zero-order chi connectivity index (χ0) is 19.9. The van der Waals surface area contributed by atoms with Crippen LogP contribution in [0.2, 0.25) is 0 Å². The Hall–Kier alpha value is -3.33. The molecule has 0 atom stereocenters. The van der Waals surface area contributed by atoms with Crippen molar-refractivity contribution >= 4 is 22.8 Å². The molecule has 0 saturated carbocycles. The number of fused-ring (bicyclic) bond motifs is 1. The van der Waals surface area contributed by atoms with Gasteiger partial charge >= 0.3 is 5.97 Å². The van der Waals surface area contributed by atoms with Crippen molar-refractivity contribution in [3.8, 4) is 5.69 Å². The number of carboxylic acid groups (broad SMARTS) is 1. The summed E-state index contributed by atoms with van der Waals surface area (Å²) >= 11 is 0. The summed E-state index contributed by atoms with van der Waals surface area (Å²) in [5.74, 6) is -1.59. The Kier molecular flexibility index (Phi) is 4.31. The van der Waals surface area contributed by atoms with E-state index in [-0.39, 0.29) is 37.5 Å². The maximum absolute atomic E-state index is 12.9. The number of carbonyl (C=O) groups excluding carboxylic acids is 1. The monoisotopic (exact) mass is 381 g/mol. The van der Waals surface area contributed by atoms with Crippen molar-refractivity contribution in [1.29, 1.82) is 0 Å². The number of nitrogens with zero attached hydrogens (tertiary/aromatic N) is 5. The molecular weight excluding hydrogens is 362 g/mol. The summed E-state index contributed by atoms with van der Waals surface area (Å²) in [6, 6.07) is 9.49. The molecule has 28 heavy (non-hydrogen) atoms. The molecule has 1 aliphatic rings. The van der Waals surface area contributed by atoms with Crippen LogP contribution in [0.5, 0.6) is 0 Å². The van der Waals surface area contributed by atoms with Gasteiger partial charge in [-0.1, -0.05) is 23.4 Å². The Morgan fingerprint density at radius 1 is 1.14 bits per heavy atom. The molecular formula is C19H19N5O4. The van der Waals surface area contributed by atoms with Gasteiger partial charge < -0.3 is 15.1 Å². The van der Waals surface area contributed by atoms with Crippen molar-refractivity contribution in [2.24, 2.45) is 0 Å². The number of benzene rings is 1. The van der Waals surface area contributed by atoms with Crippen LogP contribution in [-0.4, -0.2) is 65.7 Å². The zero-order valence-electron chi connectivity index (χ0n) is 15.2. The van der Waals surface area contributed by atoms with Crippen LogP contribution in [0.15, 0.2) is 36.5 Å². The smallest absolute Gasteiger partial charge is 0.335 e. The van der Waals surface area contributed by atoms with Crippen LogP contribution in [0.1, 0.15) is 29.0 Å². The molecule has 1 fully saturated rings. The molecule has 0 unspecified atom stereocenters. The third-order valence-corrected chi connectivity index (χ3v) is 5.21. The predicted molar refractivity (Wildman–Crippen MR) is 99.1 cm³/mol. The molecule has 9 heteroatoms. The average molecular weight is 381 g/mol. The first-order valence-corrected chi connectivity index (χ1v) is 8.92. The van der Waals surface area contributed by atoms with Crippen LogP contribution in [0.3, 0.4) is 0 Å². The highest BCUT2D eigenvalue weighted by atomic mass is 16.4. The lowest BCUT2D eigenvalue weighted by Gasteiger charge is -2.35. The lowest BCUT2D eigenvalue weighted by atomic mass is 9.91. The van der Waals surface area contributed by atoms with E-state index in [0.717, 1.165) is 16.6 Å². The minimum absolute atomic E-state index is 0.0193. The van der Waals surface area contributed by atoms with Gasteiger partial charge in [0.25, 0.3) is 5.91 Å².